The number of fused-ring (bicyclic) bond motifs is 7. The minimum Gasteiger partial charge on any atom is -0.0616 e. The van der Waals surface area contributed by atoms with Crippen molar-refractivity contribution in [3.8, 4) is 44.5 Å². The van der Waals surface area contributed by atoms with E-state index in [1.807, 2.05) is 0 Å². The molecule has 0 radical (unpaired) electrons. The van der Waals surface area contributed by atoms with Crippen LogP contribution >= 0.6 is 0 Å². The molecule has 0 spiro atoms. The molecule has 0 aromatic heterocycles. The molecule has 0 N–H and O–H groups in total. The predicted molar refractivity (Wildman–Crippen MR) is 233 cm³/mol. The average molecular weight is 683 g/mol. The van der Waals surface area contributed by atoms with E-state index in [9.17, 15) is 0 Å². The number of rotatable bonds is 4. The highest BCUT2D eigenvalue weighted by Crippen LogP contribution is 2.48. The van der Waals surface area contributed by atoms with Crippen LogP contribution in [0.4, 0.5) is 0 Å². The van der Waals surface area contributed by atoms with Crippen molar-refractivity contribution in [1.29, 1.82) is 0 Å². The molecule has 0 amide bonds. The second kappa shape index (κ2) is 12.3. The standard InChI is InChI=1S/C54H34/c1-2-15-37-31-39(28-27-35(37)13-1)38-18-11-19-42(32-38)53-48-24-9-10-25-49(48)54(51-33-40-16-4-6-21-45(40)46-22-7-8-23-47(46)51)50-30-29-41(34-52(50)53)44-26-12-17-36-14-3-5-20-43(36)44/h1-34H. The van der Waals surface area contributed by atoms with Gasteiger partial charge in [-0.15, -0.1) is 0 Å². The second-order valence-electron chi connectivity index (χ2n) is 14.4. The zero-order valence-corrected chi connectivity index (χ0v) is 29.6. The van der Waals surface area contributed by atoms with Crippen LogP contribution in [0.5, 0.6) is 0 Å². The van der Waals surface area contributed by atoms with E-state index in [0.29, 0.717) is 0 Å². The minimum absolute atomic E-state index is 1.21. The van der Waals surface area contributed by atoms with Crippen LogP contribution in [0.2, 0.25) is 0 Å². The molecule has 250 valence electrons. The molecule has 54 heavy (non-hydrogen) atoms. The molecular weight excluding hydrogens is 649 g/mol. The van der Waals surface area contributed by atoms with Crippen molar-refractivity contribution in [1.82, 2.24) is 0 Å². The summed E-state index contributed by atoms with van der Waals surface area (Å²) in [6, 6.07) is 76.3. The summed E-state index contributed by atoms with van der Waals surface area (Å²) in [5.74, 6) is 0. The molecule has 11 aromatic rings. The Hall–Kier alpha value is -7.02. The Morgan fingerprint density at radius 3 is 1.57 bits per heavy atom. The van der Waals surface area contributed by atoms with Crippen LogP contribution in [-0.4, -0.2) is 0 Å². The highest BCUT2D eigenvalue weighted by atomic mass is 14.2. The second-order valence-corrected chi connectivity index (χ2v) is 14.4. The normalized spacial score (nSPS) is 11.7. The highest BCUT2D eigenvalue weighted by molar-refractivity contribution is 6.26. The summed E-state index contributed by atoms with van der Waals surface area (Å²) in [6.07, 6.45) is 0. The first-order valence-corrected chi connectivity index (χ1v) is 18.8. The van der Waals surface area contributed by atoms with E-state index in [4.69, 9.17) is 0 Å². The summed E-state index contributed by atoms with van der Waals surface area (Å²) in [6.45, 7) is 0. The van der Waals surface area contributed by atoms with Crippen LogP contribution in [-0.2, 0) is 0 Å². The van der Waals surface area contributed by atoms with E-state index in [1.54, 1.807) is 0 Å². The van der Waals surface area contributed by atoms with E-state index in [0.717, 1.165) is 0 Å². The van der Waals surface area contributed by atoms with Gasteiger partial charge in [-0.25, -0.2) is 0 Å². The quantitative estimate of drug-likeness (QED) is 0.128. The lowest BCUT2D eigenvalue weighted by Crippen LogP contribution is -1.93. The Kier molecular flexibility index (Phi) is 6.97. The summed E-state index contributed by atoms with van der Waals surface area (Å²) in [5.41, 5.74) is 9.92. The first kappa shape index (κ1) is 30.6. The third-order valence-electron chi connectivity index (χ3n) is 11.4. The van der Waals surface area contributed by atoms with Crippen LogP contribution in [0.1, 0.15) is 0 Å². The van der Waals surface area contributed by atoms with Gasteiger partial charge in [0.25, 0.3) is 0 Å². The molecular formula is C54H34. The lowest BCUT2D eigenvalue weighted by Gasteiger charge is -2.21. The topological polar surface area (TPSA) is 0 Å². The van der Waals surface area contributed by atoms with Crippen LogP contribution in [0.25, 0.3) is 109 Å². The fraction of sp³-hybridized carbons (Fsp3) is 0. The van der Waals surface area contributed by atoms with Gasteiger partial charge in [0.1, 0.15) is 0 Å². The molecule has 11 aromatic carbocycles. The molecule has 0 atom stereocenters. The summed E-state index contributed by atoms with van der Waals surface area (Å²) in [4.78, 5) is 0. The molecule has 0 saturated heterocycles. The molecule has 0 fully saturated rings. The van der Waals surface area contributed by atoms with Gasteiger partial charge >= 0.3 is 0 Å². The Balaban J connectivity index is 1.25. The molecule has 0 aliphatic carbocycles. The van der Waals surface area contributed by atoms with Gasteiger partial charge in [-0.1, -0.05) is 182 Å². The molecule has 0 heteroatoms. The van der Waals surface area contributed by atoms with Crippen LogP contribution in [0.3, 0.4) is 0 Å². The van der Waals surface area contributed by atoms with Crippen molar-refractivity contribution in [3.63, 3.8) is 0 Å². The SMILES string of the molecule is c1cc(-c2ccc3ccccc3c2)cc(-c2c3ccccc3c(-c3cc4ccccc4c4ccccc34)c3ccc(-c4cccc5ccccc45)cc23)c1. The van der Waals surface area contributed by atoms with Gasteiger partial charge in [-0.05, 0) is 133 Å². The van der Waals surface area contributed by atoms with Gasteiger partial charge < -0.3 is 0 Å². The van der Waals surface area contributed by atoms with Gasteiger partial charge in [0.15, 0.2) is 0 Å². The highest BCUT2D eigenvalue weighted by Gasteiger charge is 2.20. The largest absolute Gasteiger partial charge is 0.0616 e. The van der Waals surface area contributed by atoms with Crippen molar-refractivity contribution in [3.05, 3.63) is 206 Å². The Labute approximate surface area is 314 Å². The van der Waals surface area contributed by atoms with E-state index >= 15 is 0 Å². The van der Waals surface area contributed by atoms with Crippen LogP contribution in [0.15, 0.2) is 206 Å². The zero-order valence-electron chi connectivity index (χ0n) is 29.6. The Bertz CT molecular complexity index is 3270. The lowest BCUT2D eigenvalue weighted by molar-refractivity contribution is 1.62. The molecule has 0 nitrogen and oxygen atoms in total. The molecule has 0 heterocycles. The van der Waals surface area contributed by atoms with Crippen molar-refractivity contribution < 1.29 is 0 Å². The van der Waals surface area contributed by atoms with Crippen molar-refractivity contribution >= 4 is 64.6 Å². The van der Waals surface area contributed by atoms with E-state index in [-0.39, 0.29) is 0 Å². The summed E-state index contributed by atoms with van der Waals surface area (Å²) in [5, 5.41) is 15.1. The third-order valence-corrected chi connectivity index (χ3v) is 11.4. The molecule has 0 aliphatic heterocycles. The summed E-state index contributed by atoms with van der Waals surface area (Å²) >= 11 is 0. The lowest BCUT2D eigenvalue weighted by atomic mass is 9.82. The summed E-state index contributed by atoms with van der Waals surface area (Å²) in [7, 11) is 0. The van der Waals surface area contributed by atoms with Gasteiger partial charge in [0.05, 0.1) is 0 Å². The van der Waals surface area contributed by atoms with Crippen LogP contribution < -0.4 is 0 Å². The Morgan fingerprint density at radius 1 is 0.185 bits per heavy atom. The van der Waals surface area contributed by atoms with Crippen molar-refractivity contribution in [2.75, 3.05) is 0 Å². The van der Waals surface area contributed by atoms with Gasteiger partial charge in [-0.3, -0.25) is 0 Å². The molecule has 0 bridgehead atoms. The monoisotopic (exact) mass is 682 g/mol. The van der Waals surface area contributed by atoms with Crippen molar-refractivity contribution in [2.24, 2.45) is 0 Å². The Morgan fingerprint density at radius 2 is 0.741 bits per heavy atom. The van der Waals surface area contributed by atoms with E-state index in [1.165, 1.54) is 109 Å². The van der Waals surface area contributed by atoms with Gasteiger partial charge in [0, 0.05) is 0 Å². The fourth-order valence-electron chi connectivity index (χ4n) is 8.91. The maximum absolute atomic E-state index is 2.45. The predicted octanol–water partition coefficient (Wildman–Crippen LogP) is 15.3. The van der Waals surface area contributed by atoms with E-state index < -0.39 is 0 Å². The third kappa shape index (κ3) is 4.85. The van der Waals surface area contributed by atoms with E-state index in [2.05, 4.69) is 206 Å². The number of benzene rings is 11. The van der Waals surface area contributed by atoms with Crippen molar-refractivity contribution in [2.45, 2.75) is 0 Å². The molecule has 0 saturated carbocycles. The average Bonchev–Trinajstić information content (AvgIpc) is 3.25. The molecule has 11 rings (SSSR count). The van der Waals surface area contributed by atoms with Crippen LogP contribution in [0, 0.1) is 0 Å². The smallest absolute Gasteiger partial charge is 0.00199 e. The zero-order chi connectivity index (χ0) is 35.6. The fourth-order valence-corrected chi connectivity index (χ4v) is 8.91. The number of hydrogen-bond donors (Lipinski definition) is 0. The first-order chi connectivity index (χ1) is 26.8. The maximum atomic E-state index is 2.45. The van der Waals surface area contributed by atoms with Gasteiger partial charge in [-0.2, -0.15) is 0 Å². The number of hydrogen-bond acceptors (Lipinski definition) is 0. The molecule has 0 aliphatic rings. The summed E-state index contributed by atoms with van der Waals surface area (Å²) < 4.78 is 0. The first-order valence-electron chi connectivity index (χ1n) is 18.8. The molecule has 0 unspecified atom stereocenters. The maximum Gasteiger partial charge on any atom is -0.00199 e. The van der Waals surface area contributed by atoms with Gasteiger partial charge in [0.2, 0.25) is 0 Å². The minimum atomic E-state index is 1.21.